The van der Waals surface area contributed by atoms with Crippen LogP contribution in [0.1, 0.15) is 39.2 Å². The summed E-state index contributed by atoms with van der Waals surface area (Å²) in [5.74, 6) is 0.889. The van der Waals surface area contributed by atoms with Gasteiger partial charge >= 0.3 is 0 Å². The average Bonchev–Trinajstić information content (AvgIpc) is 2.77. The lowest BCUT2D eigenvalue weighted by Gasteiger charge is -2.36. The molecule has 1 aromatic carbocycles. The van der Waals surface area contributed by atoms with Gasteiger partial charge in [-0.25, -0.2) is 0 Å². The van der Waals surface area contributed by atoms with Crippen molar-refractivity contribution in [1.29, 1.82) is 0 Å². The molecule has 114 valence electrons. The monoisotopic (exact) mass is 306 g/mol. The highest BCUT2D eigenvalue weighted by Gasteiger charge is 2.32. The largest absolute Gasteiger partial charge is 0.491 e. The number of rotatable bonds is 6. The molecule has 1 aromatic heterocycles. The molecular formula is C16H22N2O2S. The molecule has 3 rings (SSSR count). The standard InChI is InChI=1S/C16H22N2O2S/c1-3-8-20-14-7-5-6-13-15(14)17-16(21)18(13)11-9-12(10-11)19-4-2/h5-7,11-12H,3-4,8-10H2,1-2H3,(H,17,21). The van der Waals surface area contributed by atoms with Crippen LogP contribution in [0.5, 0.6) is 5.75 Å². The molecule has 1 saturated carbocycles. The number of nitrogens with zero attached hydrogens (tertiary/aromatic N) is 1. The fourth-order valence-corrected chi connectivity index (χ4v) is 3.29. The highest BCUT2D eigenvalue weighted by Crippen LogP contribution is 2.38. The van der Waals surface area contributed by atoms with Gasteiger partial charge in [0.25, 0.3) is 0 Å². The molecule has 0 spiro atoms. The zero-order valence-electron chi connectivity index (χ0n) is 12.6. The third-order valence-corrected chi connectivity index (χ3v) is 4.31. The van der Waals surface area contributed by atoms with Crippen molar-refractivity contribution >= 4 is 23.3 Å². The van der Waals surface area contributed by atoms with Crippen molar-refractivity contribution in [2.45, 2.75) is 45.3 Å². The van der Waals surface area contributed by atoms with Gasteiger partial charge in [0.1, 0.15) is 11.3 Å². The van der Waals surface area contributed by atoms with Gasteiger partial charge in [-0.1, -0.05) is 13.0 Å². The van der Waals surface area contributed by atoms with E-state index in [-0.39, 0.29) is 0 Å². The van der Waals surface area contributed by atoms with E-state index in [4.69, 9.17) is 21.7 Å². The van der Waals surface area contributed by atoms with E-state index in [0.29, 0.717) is 12.1 Å². The Morgan fingerprint density at radius 1 is 1.33 bits per heavy atom. The average molecular weight is 306 g/mol. The lowest BCUT2D eigenvalue weighted by atomic mass is 9.89. The predicted octanol–water partition coefficient (Wildman–Crippen LogP) is 4.23. The summed E-state index contributed by atoms with van der Waals surface area (Å²) >= 11 is 5.52. The Morgan fingerprint density at radius 3 is 2.86 bits per heavy atom. The first-order valence-corrected chi connectivity index (χ1v) is 8.13. The number of aromatic nitrogens is 2. The van der Waals surface area contributed by atoms with Crippen molar-refractivity contribution in [2.75, 3.05) is 13.2 Å². The third-order valence-electron chi connectivity index (χ3n) is 4.01. The van der Waals surface area contributed by atoms with Crippen LogP contribution in [0.2, 0.25) is 0 Å². The summed E-state index contributed by atoms with van der Waals surface area (Å²) in [5, 5.41) is 0. The molecule has 5 heteroatoms. The molecule has 0 unspecified atom stereocenters. The Balaban J connectivity index is 1.90. The van der Waals surface area contributed by atoms with Crippen molar-refractivity contribution in [1.82, 2.24) is 9.55 Å². The van der Waals surface area contributed by atoms with E-state index in [1.165, 1.54) is 0 Å². The molecule has 0 amide bonds. The number of aromatic amines is 1. The minimum absolute atomic E-state index is 0.381. The highest BCUT2D eigenvalue weighted by atomic mass is 32.1. The van der Waals surface area contributed by atoms with Gasteiger partial charge in [-0.15, -0.1) is 0 Å². The number of para-hydroxylation sites is 1. The van der Waals surface area contributed by atoms with E-state index in [1.54, 1.807) is 0 Å². The summed E-state index contributed by atoms with van der Waals surface area (Å²) in [4.78, 5) is 3.31. The van der Waals surface area contributed by atoms with Crippen LogP contribution in [0.3, 0.4) is 0 Å². The Hall–Kier alpha value is -1.33. The van der Waals surface area contributed by atoms with E-state index in [9.17, 15) is 0 Å². The SMILES string of the molecule is CCCOc1cccc2c1[nH]c(=S)n2C1CC(OCC)C1. The lowest BCUT2D eigenvalue weighted by Crippen LogP contribution is -2.33. The number of hydrogen-bond acceptors (Lipinski definition) is 3. The van der Waals surface area contributed by atoms with Crippen molar-refractivity contribution < 1.29 is 9.47 Å². The van der Waals surface area contributed by atoms with E-state index < -0.39 is 0 Å². The lowest BCUT2D eigenvalue weighted by molar-refractivity contribution is -0.0190. The summed E-state index contributed by atoms with van der Waals surface area (Å²) in [5.41, 5.74) is 2.14. The molecule has 1 aliphatic rings. The van der Waals surface area contributed by atoms with Crippen LogP contribution in [0, 0.1) is 4.77 Å². The minimum Gasteiger partial charge on any atom is -0.491 e. The van der Waals surface area contributed by atoms with Crippen LogP contribution in [0.15, 0.2) is 18.2 Å². The van der Waals surface area contributed by atoms with Gasteiger partial charge in [0.2, 0.25) is 0 Å². The summed E-state index contributed by atoms with van der Waals surface area (Å²) in [7, 11) is 0. The van der Waals surface area contributed by atoms with Crippen LogP contribution in [0.25, 0.3) is 11.0 Å². The van der Waals surface area contributed by atoms with Gasteiger partial charge in [-0.2, -0.15) is 0 Å². The normalized spacial score (nSPS) is 21.4. The van der Waals surface area contributed by atoms with Crippen molar-refractivity contribution in [3.05, 3.63) is 23.0 Å². The summed E-state index contributed by atoms with van der Waals surface area (Å²) in [6.07, 6.45) is 3.45. The van der Waals surface area contributed by atoms with Gasteiger partial charge in [-0.05, 0) is 50.5 Å². The smallest absolute Gasteiger partial charge is 0.178 e. The number of hydrogen-bond donors (Lipinski definition) is 1. The first kappa shape index (κ1) is 14.6. The molecule has 2 aromatic rings. The van der Waals surface area contributed by atoms with Gasteiger partial charge in [0.05, 0.1) is 18.2 Å². The topological polar surface area (TPSA) is 39.2 Å². The van der Waals surface area contributed by atoms with Crippen molar-refractivity contribution in [2.24, 2.45) is 0 Å². The Morgan fingerprint density at radius 2 is 2.14 bits per heavy atom. The number of fused-ring (bicyclic) bond motifs is 1. The fraction of sp³-hybridized carbons (Fsp3) is 0.562. The van der Waals surface area contributed by atoms with Gasteiger partial charge in [0, 0.05) is 12.6 Å². The molecule has 1 heterocycles. The first-order valence-electron chi connectivity index (χ1n) is 7.72. The molecule has 1 fully saturated rings. The van der Waals surface area contributed by atoms with E-state index in [2.05, 4.69) is 22.5 Å². The Bertz CT molecular complexity index is 670. The second-order valence-corrected chi connectivity index (χ2v) is 5.89. The van der Waals surface area contributed by atoms with Crippen molar-refractivity contribution in [3.8, 4) is 5.75 Å². The zero-order valence-corrected chi connectivity index (χ0v) is 13.4. The molecular weight excluding hydrogens is 284 g/mol. The third kappa shape index (κ3) is 2.72. The molecule has 21 heavy (non-hydrogen) atoms. The maximum atomic E-state index is 5.81. The second kappa shape index (κ2) is 6.20. The van der Waals surface area contributed by atoms with Crippen LogP contribution < -0.4 is 4.74 Å². The molecule has 4 nitrogen and oxygen atoms in total. The Labute approximate surface area is 130 Å². The molecule has 0 saturated heterocycles. The van der Waals surface area contributed by atoms with Crippen LogP contribution >= 0.6 is 12.2 Å². The molecule has 0 bridgehead atoms. The minimum atomic E-state index is 0.381. The number of nitrogens with one attached hydrogen (secondary N) is 1. The predicted molar refractivity (Wildman–Crippen MR) is 86.6 cm³/mol. The van der Waals surface area contributed by atoms with Crippen LogP contribution in [0.4, 0.5) is 0 Å². The number of imidazole rings is 1. The molecule has 0 atom stereocenters. The quantitative estimate of drug-likeness (QED) is 0.812. The second-order valence-electron chi connectivity index (χ2n) is 5.50. The number of ether oxygens (including phenoxy) is 2. The molecule has 1 aliphatic carbocycles. The van der Waals surface area contributed by atoms with Crippen molar-refractivity contribution in [3.63, 3.8) is 0 Å². The maximum Gasteiger partial charge on any atom is 0.178 e. The van der Waals surface area contributed by atoms with Gasteiger partial charge < -0.3 is 19.0 Å². The van der Waals surface area contributed by atoms with E-state index in [0.717, 1.165) is 54.0 Å². The Kier molecular flexibility index (Phi) is 4.31. The molecule has 1 N–H and O–H groups in total. The molecule has 0 aliphatic heterocycles. The highest BCUT2D eigenvalue weighted by molar-refractivity contribution is 7.71. The zero-order chi connectivity index (χ0) is 14.8. The number of H-pyrrole nitrogens is 1. The van der Waals surface area contributed by atoms with Gasteiger partial charge in [0.15, 0.2) is 4.77 Å². The summed E-state index contributed by atoms with van der Waals surface area (Å²) < 4.78 is 14.5. The van der Waals surface area contributed by atoms with Gasteiger partial charge in [-0.3, -0.25) is 0 Å². The van der Waals surface area contributed by atoms with Crippen LogP contribution in [-0.2, 0) is 4.74 Å². The van der Waals surface area contributed by atoms with E-state index >= 15 is 0 Å². The van der Waals surface area contributed by atoms with E-state index in [1.807, 2.05) is 19.1 Å². The summed E-state index contributed by atoms with van der Waals surface area (Å²) in [6.45, 7) is 5.66. The summed E-state index contributed by atoms with van der Waals surface area (Å²) in [6, 6.07) is 6.57. The molecule has 0 radical (unpaired) electrons. The maximum absolute atomic E-state index is 5.81. The fourth-order valence-electron chi connectivity index (χ4n) is 2.94. The number of benzene rings is 1. The first-order chi connectivity index (χ1) is 10.2. The van der Waals surface area contributed by atoms with Crippen LogP contribution in [-0.4, -0.2) is 28.9 Å².